The number of ether oxygens (including phenoxy) is 1. The first kappa shape index (κ1) is 17.4. The van der Waals surface area contributed by atoms with E-state index in [1.807, 2.05) is 26.0 Å². The first-order chi connectivity index (χ1) is 9.85. The molecule has 0 bridgehead atoms. The van der Waals surface area contributed by atoms with Crippen molar-refractivity contribution in [2.45, 2.75) is 52.7 Å². The quantitative estimate of drug-likeness (QED) is 0.760. The second kappa shape index (κ2) is 7.98. The maximum absolute atomic E-state index is 12.1. The Morgan fingerprint density at radius 1 is 1.43 bits per heavy atom. The molecule has 21 heavy (non-hydrogen) atoms. The van der Waals surface area contributed by atoms with Crippen molar-refractivity contribution in [1.82, 2.24) is 5.32 Å². The zero-order chi connectivity index (χ0) is 16.0. The number of carbonyl (C=O) groups excluding carboxylic acids is 1. The molecule has 1 amide bonds. The van der Waals surface area contributed by atoms with Crippen molar-refractivity contribution < 1.29 is 9.53 Å². The molecule has 2 atom stereocenters. The molecule has 116 valence electrons. The maximum Gasteiger partial charge on any atom is 0.260 e. The number of thiocarbonyl (C=S) groups is 1. The molecule has 4 nitrogen and oxygen atoms in total. The van der Waals surface area contributed by atoms with Crippen LogP contribution in [-0.2, 0) is 4.79 Å². The minimum absolute atomic E-state index is 0.115. The minimum atomic E-state index is -0.565. The van der Waals surface area contributed by atoms with Gasteiger partial charge in [-0.2, -0.15) is 0 Å². The van der Waals surface area contributed by atoms with Crippen LogP contribution >= 0.6 is 12.2 Å². The Balaban J connectivity index is 2.73. The second-order valence-corrected chi connectivity index (χ2v) is 5.74. The highest BCUT2D eigenvalue weighted by molar-refractivity contribution is 7.80. The number of rotatable bonds is 7. The molecule has 0 fully saturated rings. The number of hydrogen-bond acceptors (Lipinski definition) is 3. The van der Waals surface area contributed by atoms with Crippen LogP contribution in [0.25, 0.3) is 0 Å². The number of benzene rings is 1. The van der Waals surface area contributed by atoms with E-state index in [2.05, 4.69) is 12.2 Å². The van der Waals surface area contributed by atoms with E-state index in [-0.39, 0.29) is 11.9 Å². The van der Waals surface area contributed by atoms with E-state index in [9.17, 15) is 4.79 Å². The molecule has 0 aliphatic carbocycles. The molecule has 0 radical (unpaired) electrons. The summed E-state index contributed by atoms with van der Waals surface area (Å²) in [5, 5.41) is 2.94. The summed E-state index contributed by atoms with van der Waals surface area (Å²) in [6.07, 6.45) is 1.42. The van der Waals surface area contributed by atoms with Crippen molar-refractivity contribution in [2.75, 3.05) is 0 Å². The number of hydrogen-bond donors (Lipinski definition) is 2. The summed E-state index contributed by atoms with van der Waals surface area (Å²) in [4.78, 5) is 12.4. The summed E-state index contributed by atoms with van der Waals surface area (Å²) in [6.45, 7) is 7.74. The average Bonchev–Trinajstić information content (AvgIpc) is 2.40. The lowest BCUT2D eigenvalue weighted by molar-refractivity contribution is -0.127. The largest absolute Gasteiger partial charge is 0.481 e. The van der Waals surface area contributed by atoms with Gasteiger partial charge in [-0.3, -0.25) is 4.79 Å². The van der Waals surface area contributed by atoms with Crippen LogP contribution in [0, 0.1) is 6.92 Å². The fourth-order valence-electron chi connectivity index (χ4n) is 1.99. The van der Waals surface area contributed by atoms with Gasteiger partial charge < -0.3 is 15.8 Å². The van der Waals surface area contributed by atoms with Crippen molar-refractivity contribution >= 4 is 23.1 Å². The van der Waals surface area contributed by atoms with Crippen LogP contribution in [0.15, 0.2) is 18.2 Å². The van der Waals surface area contributed by atoms with Gasteiger partial charge in [0.1, 0.15) is 10.7 Å². The van der Waals surface area contributed by atoms with E-state index < -0.39 is 6.10 Å². The third-order valence-electron chi connectivity index (χ3n) is 3.26. The smallest absolute Gasteiger partial charge is 0.260 e. The number of nitrogens with one attached hydrogen (secondary N) is 1. The molecule has 3 N–H and O–H groups in total. The molecule has 0 aromatic heterocycles. The Morgan fingerprint density at radius 3 is 2.67 bits per heavy atom. The van der Waals surface area contributed by atoms with E-state index in [4.69, 9.17) is 22.7 Å². The molecule has 5 heteroatoms. The fourth-order valence-corrected chi connectivity index (χ4v) is 2.12. The normalized spacial score (nSPS) is 13.3. The third kappa shape index (κ3) is 5.34. The van der Waals surface area contributed by atoms with Crippen molar-refractivity contribution in [3.8, 4) is 5.75 Å². The Bertz CT molecular complexity index is 517. The van der Waals surface area contributed by atoms with Gasteiger partial charge in [0.25, 0.3) is 5.91 Å². The summed E-state index contributed by atoms with van der Waals surface area (Å²) in [5.74, 6) is 0.516. The monoisotopic (exact) mass is 308 g/mol. The predicted molar refractivity (Wildman–Crippen MR) is 89.7 cm³/mol. The van der Waals surface area contributed by atoms with Gasteiger partial charge >= 0.3 is 0 Å². The molecule has 2 unspecified atom stereocenters. The topological polar surface area (TPSA) is 64.3 Å². The van der Waals surface area contributed by atoms with Crippen molar-refractivity contribution in [3.05, 3.63) is 29.3 Å². The number of carbonyl (C=O) groups is 1. The van der Waals surface area contributed by atoms with E-state index in [1.54, 1.807) is 13.0 Å². The molecular formula is C16H24N2O2S. The predicted octanol–water partition coefficient (Wildman–Crippen LogP) is 2.70. The molecule has 0 aliphatic heterocycles. The van der Waals surface area contributed by atoms with Gasteiger partial charge in [-0.25, -0.2) is 0 Å². The molecule has 0 spiro atoms. The van der Waals surface area contributed by atoms with Gasteiger partial charge in [0.2, 0.25) is 0 Å². The van der Waals surface area contributed by atoms with Crippen LogP contribution in [0.1, 0.15) is 44.7 Å². The van der Waals surface area contributed by atoms with Crippen LogP contribution in [0.2, 0.25) is 0 Å². The van der Waals surface area contributed by atoms with Gasteiger partial charge in [-0.1, -0.05) is 37.7 Å². The lowest BCUT2D eigenvalue weighted by atomic mass is 10.1. The Labute approximate surface area is 132 Å². The summed E-state index contributed by atoms with van der Waals surface area (Å²) in [7, 11) is 0. The molecule has 0 saturated heterocycles. The summed E-state index contributed by atoms with van der Waals surface area (Å²) in [5.41, 5.74) is 7.29. The van der Waals surface area contributed by atoms with Crippen molar-refractivity contribution in [1.29, 1.82) is 0 Å². The van der Waals surface area contributed by atoms with Gasteiger partial charge in [-0.15, -0.1) is 0 Å². The Kier molecular flexibility index (Phi) is 6.62. The van der Waals surface area contributed by atoms with Gasteiger partial charge in [0, 0.05) is 11.6 Å². The third-order valence-corrected chi connectivity index (χ3v) is 3.49. The molecule has 0 heterocycles. The molecular weight excluding hydrogens is 284 g/mol. The van der Waals surface area contributed by atoms with E-state index in [1.165, 1.54) is 0 Å². The van der Waals surface area contributed by atoms with E-state index in [0.29, 0.717) is 10.7 Å². The molecule has 1 rings (SSSR count). The summed E-state index contributed by atoms with van der Waals surface area (Å²) < 4.78 is 5.75. The highest BCUT2D eigenvalue weighted by Gasteiger charge is 2.17. The number of aryl methyl sites for hydroxylation is 1. The molecule has 0 saturated carbocycles. The Hall–Kier alpha value is -1.62. The van der Waals surface area contributed by atoms with Crippen LogP contribution in [-0.4, -0.2) is 23.0 Å². The first-order valence-corrected chi connectivity index (χ1v) is 7.63. The lowest BCUT2D eigenvalue weighted by Gasteiger charge is -2.19. The first-order valence-electron chi connectivity index (χ1n) is 7.22. The average molecular weight is 308 g/mol. The van der Waals surface area contributed by atoms with Crippen molar-refractivity contribution in [3.63, 3.8) is 0 Å². The highest BCUT2D eigenvalue weighted by Crippen LogP contribution is 2.21. The fraction of sp³-hybridized carbons (Fsp3) is 0.500. The zero-order valence-electron chi connectivity index (χ0n) is 13.1. The lowest BCUT2D eigenvalue weighted by Crippen LogP contribution is -2.41. The van der Waals surface area contributed by atoms with Crippen LogP contribution < -0.4 is 15.8 Å². The van der Waals surface area contributed by atoms with E-state index >= 15 is 0 Å². The number of amides is 1. The zero-order valence-corrected chi connectivity index (χ0v) is 13.9. The summed E-state index contributed by atoms with van der Waals surface area (Å²) in [6, 6.07) is 5.65. The Morgan fingerprint density at radius 2 is 2.10 bits per heavy atom. The van der Waals surface area contributed by atoms with Crippen LogP contribution in [0.5, 0.6) is 5.75 Å². The van der Waals surface area contributed by atoms with Crippen LogP contribution in [0.3, 0.4) is 0 Å². The van der Waals surface area contributed by atoms with Gasteiger partial charge in [0.05, 0.1) is 0 Å². The maximum atomic E-state index is 12.1. The molecule has 0 aliphatic rings. The second-order valence-electron chi connectivity index (χ2n) is 5.30. The van der Waals surface area contributed by atoms with Crippen LogP contribution in [0.4, 0.5) is 0 Å². The van der Waals surface area contributed by atoms with Gasteiger partial charge in [0.15, 0.2) is 6.10 Å². The standard InChI is InChI=1S/C16H24N2O2S/c1-5-6-11(3)18-16(19)12(4)20-14-9-13(15(17)21)8-7-10(14)2/h7-9,11-12H,5-6H2,1-4H3,(H2,17,21)(H,18,19). The van der Waals surface area contributed by atoms with Crippen molar-refractivity contribution in [2.24, 2.45) is 5.73 Å². The SMILES string of the molecule is CCCC(C)NC(=O)C(C)Oc1cc(C(N)=S)ccc1C. The van der Waals surface area contributed by atoms with Gasteiger partial charge in [-0.05, 0) is 38.8 Å². The minimum Gasteiger partial charge on any atom is -0.481 e. The molecule has 1 aromatic carbocycles. The molecule has 1 aromatic rings. The highest BCUT2D eigenvalue weighted by atomic mass is 32.1. The van der Waals surface area contributed by atoms with E-state index in [0.717, 1.165) is 24.0 Å². The summed E-state index contributed by atoms with van der Waals surface area (Å²) >= 11 is 4.96. The number of nitrogens with two attached hydrogens (primary N) is 1.